The van der Waals surface area contributed by atoms with E-state index in [-0.39, 0.29) is 11.6 Å². The molecule has 0 bridgehead atoms. The molecule has 0 fully saturated rings. The number of anilines is 3. The van der Waals surface area contributed by atoms with Crippen molar-refractivity contribution in [1.82, 2.24) is 0 Å². The Kier molecular flexibility index (Phi) is 14.1. The Balaban J connectivity index is 0.958. The van der Waals surface area contributed by atoms with Crippen LogP contribution < -0.4 is 14.4 Å². The lowest BCUT2D eigenvalue weighted by Crippen LogP contribution is -2.30. The Hall–Kier alpha value is -11.5. The third-order valence-electron chi connectivity index (χ3n) is 18.3. The van der Waals surface area contributed by atoms with E-state index in [1.807, 2.05) is 109 Å². The standard InChI is InChI=1S/C85H59F2NO3/c1-5-56-27-42-67(43-28-56)89-69-46-34-61(35-47-69)84(59(7-3)31-26-55(4)86)78-23-11-8-18-72(78)74-50-40-65(53-80(74)84)88(64-17-14-16-58(52-64)71-21-15-22-77-76-20-10-13-25-82(76)91-83(71)77)66-41-51-75-73-19-9-12-24-79(73)85(81(75)54-66,60-32-38-63(87)39-33-60)62-36-48-70(49-37-62)90-68-44-29-57(6-2)30-45-68/h3,5-6,9-17,19-54H,1-2,8,18H2,4H3/b55-26+,59-31+. The normalized spacial score (nSPS) is 16.4. The molecule has 12 aromatic rings. The lowest BCUT2D eigenvalue weighted by Gasteiger charge is -2.36. The summed E-state index contributed by atoms with van der Waals surface area (Å²) in [5.41, 5.74) is 17.9. The van der Waals surface area contributed by atoms with Gasteiger partial charge < -0.3 is 18.8 Å². The van der Waals surface area contributed by atoms with Gasteiger partial charge in [0.2, 0.25) is 0 Å². The zero-order valence-electron chi connectivity index (χ0n) is 50.0. The number of hydrogen-bond donors (Lipinski definition) is 0. The van der Waals surface area contributed by atoms with Crippen molar-refractivity contribution in [3.05, 3.63) is 359 Å². The summed E-state index contributed by atoms with van der Waals surface area (Å²) < 4.78 is 50.2. The van der Waals surface area contributed by atoms with E-state index >= 15 is 8.78 Å². The van der Waals surface area contributed by atoms with Crippen LogP contribution in [-0.2, 0) is 10.8 Å². The van der Waals surface area contributed by atoms with Crippen LogP contribution in [-0.4, -0.2) is 0 Å². The van der Waals surface area contributed by atoms with Crippen molar-refractivity contribution in [2.24, 2.45) is 0 Å². The summed E-state index contributed by atoms with van der Waals surface area (Å²) in [5.74, 6) is 5.15. The van der Waals surface area contributed by atoms with Gasteiger partial charge in [0, 0.05) is 39.0 Å². The van der Waals surface area contributed by atoms with Crippen molar-refractivity contribution in [2.45, 2.75) is 30.6 Å². The van der Waals surface area contributed by atoms with Crippen molar-refractivity contribution >= 4 is 56.7 Å². The highest BCUT2D eigenvalue weighted by Gasteiger charge is 2.50. The second kappa shape index (κ2) is 22.9. The molecule has 0 saturated heterocycles. The summed E-state index contributed by atoms with van der Waals surface area (Å²) in [6, 6.07) is 84.2. The SMILES string of the molecule is C#C/C(=C\C=C(/C)F)C1(c2ccc(Oc3ccc(C=C)cc3)cc2)C2=C(CCC=C2)c2ccc(N(c3cccc(-c4cccc5c4oc4ccccc45)c3)c3ccc4c(c3)C(c3ccc(F)cc3)(c3ccc(Oc5ccc(C=C)cc5)cc3)c3ccccc3-4)cc21. The van der Waals surface area contributed by atoms with E-state index in [0.717, 1.165) is 130 Å². The van der Waals surface area contributed by atoms with E-state index in [2.05, 4.69) is 170 Å². The number of halogens is 2. The quantitative estimate of drug-likeness (QED) is 0.0757. The highest BCUT2D eigenvalue weighted by atomic mass is 19.1. The van der Waals surface area contributed by atoms with E-state index in [1.54, 1.807) is 24.3 Å². The molecule has 0 aliphatic heterocycles. The summed E-state index contributed by atoms with van der Waals surface area (Å²) in [4.78, 5) is 2.33. The molecule has 0 saturated carbocycles. The van der Waals surface area contributed by atoms with Crippen molar-refractivity contribution in [3.63, 3.8) is 0 Å². The fourth-order valence-electron chi connectivity index (χ4n) is 14.2. The Morgan fingerprint density at radius 1 is 0.538 bits per heavy atom. The second-order valence-corrected chi connectivity index (χ2v) is 23.3. The molecule has 0 spiro atoms. The van der Waals surface area contributed by atoms with E-state index in [0.29, 0.717) is 28.6 Å². The first kappa shape index (κ1) is 56.0. The number of para-hydroxylation sites is 2. The fourth-order valence-corrected chi connectivity index (χ4v) is 14.2. The Morgan fingerprint density at radius 2 is 1.09 bits per heavy atom. The van der Waals surface area contributed by atoms with Crippen LogP contribution in [0.1, 0.15) is 69.8 Å². The van der Waals surface area contributed by atoms with E-state index in [1.165, 1.54) is 18.6 Å². The number of benzene rings is 11. The van der Waals surface area contributed by atoms with Gasteiger partial charge in [0.1, 0.15) is 40.0 Å². The van der Waals surface area contributed by atoms with Crippen LogP contribution in [0.3, 0.4) is 0 Å². The van der Waals surface area contributed by atoms with Crippen LogP contribution in [0.15, 0.2) is 308 Å². The van der Waals surface area contributed by atoms with E-state index < -0.39 is 10.8 Å². The molecule has 436 valence electrons. The minimum atomic E-state index is -1.07. The molecule has 1 aromatic heterocycles. The number of terminal acetylenes is 1. The minimum Gasteiger partial charge on any atom is -0.457 e. The van der Waals surface area contributed by atoms with Crippen LogP contribution in [0.2, 0.25) is 0 Å². The molecule has 91 heavy (non-hydrogen) atoms. The lowest BCUT2D eigenvalue weighted by atomic mass is 9.65. The summed E-state index contributed by atoms with van der Waals surface area (Å²) in [7, 11) is 0. The van der Waals surface area contributed by atoms with Gasteiger partial charge in [0.25, 0.3) is 0 Å². The molecule has 15 rings (SSSR count). The maximum Gasteiger partial charge on any atom is 0.143 e. The number of rotatable bonds is 15. The summed E-state index contributed by atoms with van der Waals surface area (Å²) in [6.45, 7) is 9.26. The molecule has 2 atom stereocenters. The van der Waals surface area contributed by atoms with Gasteiger partial charge in [-0.25, -0.2) is 8.78 Å². The van der Waals surface area contributed by atoms with Gasteiger partial charge in [-0.15, -0.1) is 6.42 Å². The van der Waals surface area contributed by atoms with Gasteiger partial charge in [-0.2, -0.15) is 0 Å². The first-order valence-corrected chi connectivity index (χ1v) is 30.6. The average Bonchev–Trinajstić information content (AvgIpc) is 1.57. The van der Waals surface area contributed by atoms with E-state index in [4.69, 9.17) is 20.3 Å². The number of hydrogen-bond acceptors (Lipinski definition) is 4. The van der Waals surface area contributed by atoms with Gasteiger partial charge in [-0.05, 0) is 213 Å². The van der Waals surface area contributed by atoms with Crippen molar-refractivity contribution in [2.75, 3.05) is 4.90 Å². The smallest absolute Gasteiger partial charge is 0.143 e. The topological polar surface area (TPSA) is 34.8 Å². The van der Waals surface area contributed by atoms with Crippen LogP contribution >= 0.6 is 0 Å². The zero-order valence-corrected chi connectivity index (χ0v) is 50.0. The molecule has 0 radical (unpaired) electrons. The highest BCUT2D eigenvalue weighted by molar-refractivity contribution is 6.10. The molecular formula is C85H59F2NO3. The van der Waals surface area contributed by atoms with Gasteiger partial charge >= 0.3 is 0 Å². The molecule has 4 nitrogen and oxygen atoms in total. The van der Waals surface area contributed by atoms with Crippen molar-refractivity contribution in [1.29, 1.82) is 0 Å². The Morgan fingerprint density at radius 3 is 1.75 bits per heavy atom. The maximum atomic E-state index is 15.4. The molecule has 6 heteroatoms. The second-order valence-electron chi connectivity index (χ2n) is 23.3. The van der Waals surface area contributed by atoms with Crippen LogP contribution in [0.4, 0.5) is 25.8 Å². The summed E-state index contributed by atoms with van der Waals surface area (Å²) in [6.07, 6.45) is 19.7. The van der Waals surface area contributed by atoms with Gasteiger partial charge in [0.05, 0.1) is 16.7 Å². The summed E-state index contributed by atoms with van der Waals surface area (Å²) >= 11 is 0. The monoisotopic (exact) mass is 1180 g/mol. The third-order valence-corrected chi connectivity index (χ3v) is 18.3. The van der Waals surface area contributed by atoms with Crippen molar-refractivity contribution in [3.8, 4) is 57.6 Å². The van der Waals surface area contributed by atoms with Gasteiger partial charge in [-0.3, -0.25) is 0 Å². The molecule has 1 heterocycles. The fraction of sp³-hybridized carbons (Fsp3) is 0.0588. The first-order valence-electron chi connectivity index (χ1n) is 30.6. The molecule has 0 amide bonds. The first-order chi connectivity index (χ1) is 44.7. The predicted molar refractivity (Wildman–Crippen MR) is 369 cm³/mol. The summed E-state index contributed by atoms with van der Waals surface area (Å²) in [5, 5.41) is 2.08. The van der Waals surface area contributed by atoms with Gasteiger partial charge in [0.15, 0.2) is 0 Å². The van der Waals surface area contributed by atoms with E-state index in [9.17, 15) is 0 Å². The average molecular weight is 1180 g/mol. The number of furan rings is 1. The highest BCUT2D eigenvalue weighted by Crippen LogP contribution is 2.61. The molecule has 3 aliphatic rings. The molecular weight excluding hydrogens is 1120 g/mol. The number of nitrogens with zero attached hydrogens (tertiary/aromatic N) is 1. The molecule has 0 N–H and O–H groups in total. The van der Waals surface area contributed by atoms with Gasteiger partial charge in [-0.1, -0.05) is 189 Å². The third kappa shape index (κ3) is 9.44. The zero-order chi connectivity index (χ0) is 61.8. The lowest BCUT2D eigenvalue weighted by molar-refractivity contribution is 0.482. The maximum absolute atomic E-state index is 15.4. The number of ether oxygens (including phenoxy) is 2. The number of fused-ring (bicyclic) bond motifs is 8. The van der Waals surface area contributed by atoms with Crippen molar-refractivity contribution < 1.29 is 22.7 Å². The van der Waals surface area contributed by atoms with Crippen LogP contribution in [0.5, 0.6) is 23.0 Å². The largest absolute Gasteiger partial charge is 0.457 e. The minimum absolute atomic E-state index is 0.327. The predicted octanol–water partition coefficient (Wildman–Crippen LogP) is 22.9. The molecule has 11 aromatic carbocycles. The number of allylic oxidation sites excluding steroid dienone is 8. The Bertz CT molecular complexity index is 5050. The Labute approximate surface area is 528 Å². The molecule has 2 unspecified atom stereocenters. The molecule has 3 aliphatic carbocycles. The van der Waals surface area contributed by atoms with Crippen LogP contribution in [0, 0.1) is 18.2 Å². The van der Waals surface area contributed by atoms with Crippen LogP contribution in [0.25, 0.3) is 61.9 Å².